The Morgan fingerprint density at radius 3 is 2.44 bits per heavy atom. The van der Waals surface area contributed by atoms with Gasteiger partial charge in [-0.3, -0.25) is 4.99 Å². The monoisotopic (exact) mass is 577 g/mol. The molecule has 32 heavy (non-hydrogen) atoms. The molecule has 1 aromatic heterocycles. The van der Waals surface area contributed by atoms with Crippen molar-refractivity contribution in [1.29, 1.82) is 0 Å². The van der Waals surface area contributed by atoms with Gasteiger partial charge in [0.25, 0.3) is 0 Å². The molecular weight excluding hydrogens is 537 g/mol. The van der Waals surface area contributed by atoms with Crippen molar-refractivity contribution < 1.29 is 9.53 Å². The highest BCUT2D eigenvalue weighted by Crippen LogP contribution is 2.25. The molecule has 3 rings (SSSR count). The summed E-state index contributed by atoms with van der Waals surface area (Å²) in [7, 11) is 0. The van der Waals surface area contributed by atoms with E-state index in [0.29, 0.717) is 12.0 Å². The van der Waals surface area contributed by atoms with Crippen LogP contribution in [0.25, 0.3) is 0 Å². The van der Waals surface area contributed by atoms with Crippen molar-refractivity contribution in [2.45, 2.75) is 65.0 Å². The minimum atomic E-state index is -0.440. The van der Waals surface area contributed by atoms with Crippen LogP contribution in [-0.4, -0.2) is 67.9 Å². The Hall–Kier alpha value is -1.23. The number of amides is 1. The van der Waals surface area contributed by atoms with E-state index in [2.05, 4.69) is 40.0 Å². The number of carbonyl (C=O) groups excluding carboxylic acids is 1. The number of thiophene rings is 1. The summed E-state index contributed by atoms with van der Waals surface area (Å²) in [4.78, 5) is 21.4. The molecule has 3 heterocycles. The predicted molar refractivity (Wildman–Crippen MR) is 145 cm³/mol. The summed E-state index contributed by atoms with van der Waals surface area (Å²) in [6.45, 7) is 13.2. The van der Waals surface area contributed by atoms with E-state index in [9.17, 15) is 4.79 Å². The first-order valence-corrected chi connectivity index (χ1v) is 12.5. The Labute approximate surface area is 214 Å². The summed E-state index contributed by atoms with van der Waals surface area (Å²) in [6, 6.07) is 4.79. The molecule has 9 heteroatoms. The van der Waals surface area contributed by atoms with Gasteiger partial charge in [0.1, 0.15) is 5.60 Å². The number of anilines is 1. The molecule has 7 nitrogen and oxygen atoms in total. The standard InChI is InChI=1S/C23H39N5O2S.HI/c1-5-24-21(26-19-10-14-27(15-11-19)20-7-6-16-31-20)25-17-18-8-12-28(13-9-18)22(29)30-23(2,3)4;/h6-7,16,18-19H,5,8-15,17H2,1-4H3,(H2,24,25,26);1H. The molecule has 0 unspecified atom stereocenters. The topological polar surface area (TPSA) is 69.2 Å². The summed E-state index contributed by atoms with van der Waals surface area (Å²) < 4.78 is 5.49. The highest BCUT2D eigenvalue weighted by atomic mass is 127. The summed E-state index contributed by atoms with van der Waals surface area (Å²) in [5.41, 5.74) is -0.440. The van der Waals surface area contributed by atoms with Crippen molar-refractivity contribution in [2.24, 2.45) is 10.9 Å². The molecule has 0 atom stereocenters. The lowest BCUT2D eigenvalue weighted by Crippen LogP contribution is -2.49. The van der Waals surface area contributed by atoms with Crippen LogP contribution in [0.5, 0.6) is 0 Å². The third-order valence-corrected chi connectivity index (χ3v) is 6.70. The van der Waals surface area contributed by atoms with Crippen molar-refractivity contribution in [3.05, 3.63) is 17.5 Å². The fraction of sp³-hybridized carbons (Fsp3) is 0.739. The number of hydrogen-bond acceptors (Lipinski definition) is 5. The number of piperidine rings is 2. The molecule has 2 aliphatic rings. The second kappa shape index (κ2) is 12.9. The smallest absolute Gasteiger partial charge is 0.410 e. The minimum Gasteiger partial charge on any atom is -0.444 e. The number of likely N-dealkylation sites (tertiary alicyclic amines) is 1. The molecule has 1 amide bonds. The molecule has 0 radical (unpaired) electrons. The quantitative estimate of drug-likeness (QED) is 0.306. The van der Waals surface area contributed by atoms with E-state index in [1.54, 1.807) is 0 Å². The summed E-state index contributed by atoms with van der Waals surface area (Å²) in [5.74, 6) is 1.43. The number of ether oxygens (including phenoxy) is 1. The first-order valence-electron chi connectivity index (χ1n) is 11.7. The van der Waals surface area contributed by atoms with Gasteiger partial charge >= 0.3 is 6.09 Å². The molecule has 0 aliphatic carbocycles. The van der Waals surface area contributed by atoms with Crippen molar-refractivity contribution >= 4 is 52.4 Å². The Kier molecular flexibility index (Phi) is 10.9. The van der Waals surface area contributed by atoms with Crippen molar-refractivity contribution in [3.8, 4) is 0 Å². The predicted octanol–water partition coefficient (Wildman–Crippen LogP) is 4.54. The second-order valence-electron chi connectivity index (χ2n) is 9.49. The first-order chi connectivity index (χ1) is 14.8. The van der Waals surface area contributed by atoms with Gasteiger partial charge in [0.15, 0.2) is 5.96 Å². The van der Waals surface area contributed by atoms with Crippen molar-refractivity contribution in [3.63, 3.8) is 0 Å². The number of aliphatic imine (C=N–C) groups is 1. The molecule has 0 spiro atoms. The van der Waals surface area contributed by atoms with Crippen LogP contribution in [0.2, 0.25) is 0 Å². The molecule has 2 fully saturated rings. The van der Waals surface area contributed by atoms with Gasteiger partial charge in [0.2, 0.25) is 0 Å². The lowest BCUT2D eigenvalue weighted by molar-refractivity contribution is 0.0187. The number of carbonyl (C=O) groups is 1. The summed E-state index contributed by atoms with van der Waals surface area (Å²) >= 11 is 1.82. The van der Waals surface area contributed by atoms with E-state index >= 15 is 0 Å². The van der Waals surface area contributed by atoms with Crippen LogP contribution >= 0.6 is 35.3 Å². The fourth-order valence-corrected chi connectivity index (χ4v) is 4.84. The zero-order valence-electron chi connectivity index (χ0n) is 19.9. The van der Waals surface area contributed by atoms with Gasteiger partial charge in [0.05, 0.1) is 5.00 Å². The average Bonchev–Trinajstić information content (AvgIpc) is 3.27. The maximum atomic E-state index is 12.2. The van der Waals surface area contributed by atoms with E-state index in [1.165, 1.54) is 5.00 Å². The van der Waals surface area contributed by atoms with Crippen LogP contribution in [0.1, 0.15) is 53.4 Å². The Morgan fingerprint density at radius 2 is 1.88 bits per heavy atom. The number of halogens is 1. The van der Waals surface area contributed by atoms with Gasteiger partial charge in [-0.15, -0.1) is 35.3 Å². The molecule has 2 N–H and O–H groups in total. The Bertz CT molecular complexity index is 706. The third-order valence-electron chi connectivity index (χ3n) is 5.77. The van der Waals surface area contributed by atoms with Gasteiger partial charge in [0, 0.05) is 45.3 Å². The van der Waals surface area contributed by atoms with Crippen LogP contribution in [0.15, 0.2) is 22.5 Å². The molecule has 2 aliphatic heterocycles. The van der Waals surface area contributed by atoms with E-state index in [-0.39, 0.29) is 30.1 Å². The lowest BCUT2D eigenvalue weighted by atomic mass is 9.97. The van der Waals surface area contributed by atoms with E-state index < -0.39 is 5.60 Å². The number of rotatable bonds is 5. The average molecular weight is 578 g/mol. The SMILES string of the molecule is CCNC(=NCC1CCN(C(=O)OC(C)(C)C)CC1)NC1CCN(c2cccs2)CC1.I. The number of hydrogen-bond donors (Lipinski definition) is 2. The van der Waals surface area contributed by atoms with Crippen LogP contribution in [0.4, 0.5) is 9.80 Å². The Morgan fingerprint density at radius 1 is 1.19 bits per heavy atom. The fourth-order valence-electron chi connectivity index (χ4n) is 4.05. The minimum absolute atomic E-state index is 0. The second-order valence-corrected chi connectivity index (χ2v) is 10.4. The van der Waals surface area contributed by atoms with Gasteiger partial charge < -0.3 is 25.2 Å². The maximum Gasteiger partial charge on any atom is 0.410 e. The van der Waals surface area contributed by atoms with Gasteiger partial charge in [-0.2, -0.15) is 0 Å². The van der Waals surface area contributed by atoms with Crippen molar-refractivity contribution in [1.82, 2.24) is 15.5 Å². The zero-order valence-corrected chi connectivity index (χ0v) is 23.1. The maximum absolute atomic E-state index is 12.2. The summed E-state index contributed by atoms with van der Waals surface area (Å²) in [6.07, 6.45) is 3.99. The zero-order chi connectivity index (χ0) is 22.3. The lowest BCUT2D eigenvalue weighted by Gasteiger charge is -2.34. The molecule has 0 saturated carbocycles. The molecule has 2 saturated heterocycles. The van der Waals surface area contributed by atoms with E-state index in [4.69, 9.17) is 9.73 Å². The molecule has 182 valence electrons. The molecule has 1 aromatic rings. The molecule has 0 aromatic carbocycles. The van der Waals surface area contributed by atoms with Crippen LogP contribution in [0, 0.1) is 5.92 Å². The van der Waals surface area contributed by atoms with Gasteiger partial charge in [-0.05, 0) is 76.8 Å². The Balaban J connectivity index is 0.00000363. The number of guanidine groups is 1. The van der Waals surface area contributed by atoms with E-state index in [0.717, 1.165) is 70.9 Å². The first kappa shape index (κ1) is 27.0. The highest BCUT2D eigenvalue weighted by Gasteiger charge is 2.27. The van der Waals surface area contributed by atoms with Gasteiger partial charge in [-0.25, -0.2) is 4.79 Å². The number of nitrogens with zero attached hydrogens (tertiary/aromatic N) is 3. The largest absolute Gasteiger partial charge is 0.444 e. The molecule has 0 bridgehead atoms. The van der Waals surface area contributed by atoms with Gasteiger partial charge in [-0.1, -0.05) is 0 Å². The molecular formula is C23H40IN5O2S. The third kappa shape index (κ3) is 8.61. The highest BCUT2D eigenvalue weighted by molar-refractivity contribution is 14.0. The normalized spacial score (nSPS) is 18.8. The summed E-state index contributed by atoms with van der Waals surface area (Å²) in [5, 5.41) is 10.6. The van der Waals surface area contributed by atoms with Crippen LogP contribution in [0.3, 0.4) is 0 Å². The van der Waals surface area contributed by atoms with Crippen molar-refractivity contribution in [2.75, 3.05) is 44.2 Å². The van der Waals surface area contributed by atoms with Crippen LogP contribution in [-0.2, 0) is 4.74 Å². The van der Waals surface area contributed by atoms with Crippen LogP contribution < -0.4 is 15.5 Å². The van der Waals surface area contributed by atoms with E-state index in [1.807, 2.05) is 37.0 Å². The number of nitrogens with one attached hydrogen (secondary N) is 2.